The highest BCUT2D eigenvalue weighted by Gasteiger charge is 2.31. The molecule has 19 heavy (non-hydrogen) atoms. The van der Waals surface area contributed by atoms with Gasteiger partial charge in [0.15, 0.2) is 5.78 Å². The van der Waals surface area contributed by atoms with Gasteiger partial charge in [-0.1, -0.05) is 26.0 Å². The Balaban J connectivity index is 1.77. The molecule has 1 aromatic carbocycles. The smallest absolute Gasteiger partial charge is 0.176 e. The summed E-state index contributed by atoms with van der Waals surface area (Å²) in [4.78, 5) is 12.6. The zero-order valence-electron chi connectivity index (χ0n) is 11.5. The molecule has 3 heteroatoms. The second-order valence-electron chi connectivity index (χ2n) is 5.57. The molecule has 0 saturated carbocycles. The van der Waals surface area contributed by atoms with Gasteiger partial charge in [-0.05, 0) is 36.5 Å². The minimum absolute atomic E-state index is 0.149. The Labute approximate surface area is 123 Å². The van der Waals surface area contributed by atoms with E-state index in [4.69, 9.17) is 0 Å². The van der Waals surface area contributed by atoms with Crippen LogP contribution in [-0.2, 0) is 12.8 Å². The van der Waals surface area contributed by atoms with Crippen LogP contribution in [0.2, 0.25) is 0 Å². The summed E-state index contributed by atoms with van der Waals surface area (Å²) in [5.74, 6) is 1.30. The van der Waals surface area contributed by atoms with Gasteiger partial charge in [0.25, 0.3) is 0 Å². The van der Waals surface area contributed by atoms with E-state index in [9.17, 15) is 4.79 Å². The molecule has 0 aromatic heterocycles. The maximum Gasteiger partial charge on any atom is 0.176 e. The van der Waals surface area contributed by atoms with Crippen molar-refractivity contribution in [2.75, 3.05) is 5.75 Å². The number of rotatable bonds is 2. The summed E-state index contributed by atoms with van der Waals surface area (Å²) in [6, 6.07) is 6.36. The lowest BCUT2D eigenvalue weighted by molar-refractivity contribution is 0.0994. The third-order valence-corrected chi connectivity index (χ3v) is 7.62. The molecule has 1 aliphatic carbocycles. The van der Waals surface area contributed by atoms with E-state index >= 15 is 0 Å². The van der Waals surface area contributed by atoms with Crippen molar-refractivity contribution in [1.82, 2.24) is 0 Å². The fourth-order valence-corrected chi connectivity index (χ4v) is 5.71. The first-order chi connectivity index (χ1) is 9.15. The summed E-state index contributed by atoms with van der Waals surface area (Å²) in [7, 11) is 0. The van der Waals surface area contributed by atoms with Gasteiger partial charge in [0.2, 0.25) is 0 Å². The molecule has 1 saturated heterocycles. The molecule has 3 atom stereocenters. The minimum Gasteiger partial charge on any atom is -0.293 e. The van der Waals surface area contributed by atoms with E-state index < -0.39 is 0 Å². The van der Waals surface area contributed by atoms with Gasteiger partial charge in [-0.15, -0.1) is 11.8 Å². The van der Waals surface area contributed by atoms with E-state index in [1.807, 2.05) is 29.6 Å². The van der Waals surface area contributed by atoms with Crippen molar-refractivity contribution in [1.29, 1.82) is 0 Å². The molecule has 1 aliphatic heterocycles. The van der Waals surface area contributed by atoms with Gasteiger partial charge in [-0.3, -0.25) is 4.79 Å². The number of Topliss-reactive ketones (excluding diaryl/α,β-unsaturated/α-hetero) is 1. The predicted molar refractivity (Wildman–Crippen MR) is 85.6 cm³/mol. The second kappa shape index (κ2) is 5.53. The lowest BCUT2D eigenvalue weighted by Gasteiger charge is -2.30. The third-order valence-electron chi connectivity index (χ3n) is 4.23. The van der Waals surface area contributed by atoms with Crippen molar-refractivity contribution < 1.29 is 4.79 Å². The Morgan fingerprint density at radius 2 is 1.95 bits per heavy atom. The summed E-state index contributed by atoms with van der Waals surface area (Å²) in [6.45, 7) is 4.50. The van der Waals surface area contributed by atoms with Crippen LogP contribution in [-0.4, -0.2) is 27.3 Å². The molecular formula is C16H20OS2. The van der Waals surface area contributed by atoms with Crippen LogP contribution in [0.25, 0.3) is 0 Å². The summed E-state index contributed by atoms with van der Waals surface area (Å²) >= 11 is 3.80. The first-order valence-electron chi connectivity index (χ1n) is 7.08. The highest BCUT2D eigenvalue weighted by atomic mass is 32.2. The monoisotopic (exact) mass is 292 g/mol. The first-order valence-corrected chi connectivity index (χ1v) is 9.07. The summed E-state index contributed by atoms with van der Waals surface area (Å²) < 4.78 is 0. The van der Waals surface area contributed by atoms with Gasteiger partial charge in [-0.25, -0.2) is 0 Å². The van der Waals surface area contributed by atoms with Crippen molar-refractivity contribution in [3.63, 3.8) is 0 Å². The molecule has 0 amide bonds. The summed E-state index contributed by atoms with van der Waals surface area (Å²) in [5.41, 5.74) is 3.78. The van der Waals surface area contributed by atoms with Gasteiger partial charge >= 0.3 is 0 Å². The number of aryl methyl sites for hydroxylation is 2. The number of thioether (sulfide) groups is 2. The van der Waals surface area contributed by atoms with Crippen LogP contribution < -0.4 is 0 Å². The average Bonchev–Trinajstić information content (AvgIpc) is 2.88. The van der Waals surface area contributed by atoms with Crippen LogP contribution in [0.1, 0.15) is 41.8 Å². The van der Waals surface area contributed by atoms with Crippen molar-refractivity contribution >= 4 is 29.3 Å². The molecular weight excluding hydrogens is 272 g/mol. The topological polar surface area (TPSA) is 17.1 Å². The van der Waals surface area contributed by atoms with Crippen LogP contribution >= 0.6 is 23.5 Å². The minimum atomic E-state index is 0.149. The number of benzene rings is 1. The highest BCUT2D eigenvalue weighted by molar-refractivity contribution is 8.08. The zero-order valence-corrected chi connectivity index (χ0v) is 13.2. The van der Waals surface area contributed by atoms with E-state index in [1.54, 1.807) is 0 Å². The number of hydrogen-bond donors (Lipinski definition) is 0. The van der Waals surface area contributed by atoms with Gasteiger partial charge in [-0.2, -0.15) is 11.8 Å². The highest BCUT2D eigenvalue weighted by Crippen LogP contribution is 2.37. The lowest BCUT2D eigenvalue weighted by Crippen LogP contribution is -2.31. The Bertz CT molecular complexity index is 498. The van der Waals surface area contributed by atoms with E-state index in [0.717, 1.165) is 17.7 Å². The van der Waals surface area contributed by atoms with Gasteiger partial charge in [0.05, 0.1) is 5.25 Å². The number of hydrogen-bond acceptors (Lipinski definition) is 3. The van der Waals surface area contributed by atoms with Crippen molar-refractivity contribution in [2.45, 2.75) is 48.9 Å². The molecule has 1 nitrogen and oxygen atoms in total. The molecule has 1 heterocycles. The van der Waals surface area contributed by atoms with E-state index in [-0.39, 0.29) is 5.25 Å². The first kappa shape index (κ1) is 13.6. The molecule has 102 valence electrons. The molecule has 0 radical (unpaired) electrons. The van der Waals surface area contributed by atoms with E-state index in [1.165, 1.54) is 24.0 Å². The summed E-state index contributed by atoms with van der Waals surface area (Å²) in [5, 5.41) is 1.38. The molecule has 3 rings (SSSR count). The maximum atomic E-state index is 12.6. The fourth-order valence-electron chi connectivity index (χ4n) is 2.83. The quantitative estimate of drug-likeness (QED) is 0.767. The van der Waals surface area contributed by atoms with Crippen LogP contribution in [0.4, 0.5) is 0 Å². The number of fused-ring (bicyclic) bond motifs is 1. The second-order valence-corrected chi connectivity index (χ2v) is 8.56. The van der Waals surface area contributed by atoms with Crippen LogP contribution in [0, 0.1) is 0 Å². The standard InChI is InChI=1S/C16H20OS2/c1-10-11(2)19-15(9-18-10)16(17)14-7-6-12-4-3-5-13(12)8-14/h6-8,10-11,15H,3-5,9H2,1-2H3. The normalized spacial score (nSPS) is 30.1. The number of carbonyl (C=O) groups is 1. The predicted octanol–water partition coefficient (Wildman–Crippen LogP) is 3.98. The molecule has 0 bridgehead atoms. The Kier molecular flexibility index (Phi) is 3.95. The largest absolute Gasteiger partial charge is 0.293 e. The van der Waals surface area contributed by atoms with E-state index in [0.29, 0.717) is 16.3 Å². The molecule has 0 N–H and O–H groups in total. The molecule has 2 aliphatic rings. The van der Waals surface area contributed by atoms with E-state index in [2.05, 4.69) is 26.0 Å². The fraction of sp³-hybridized carbons (Fsp3) is 0.562. The van der Waals surface area contributed by atoms with Crippen LogP contribution in [0.5, 0.6) is 0 Å². The van der Waals surface area contributed by atoms with Crippen molar-refractivity contribution in [3.8, 4) is 0 Å². The molecule has 1 fully saturated rings. The van der Waals surface area contributed by atoms with Gasteiger partial charge < -0.3 is 0 Å². The maximum absolute atomic E-state index is 12.6. The number of carbonyl (C=O) groups excluding carboxylic acids is 1. The van der Waals surface area contributed by atoms with Crippen LogP contribution in [0.15, 0.2) is 18.2 Å². The Morgan fingerprint density at radius 3 is 2.74 bits per heavy atom. The van der Waals surface area contributed by atoms with Gasteiger partial charge in [0, 0.05) is 21.8 Å². The molecule has 0 spiro atoms. The zero-order chi connectivity index (χ0) is 13.4. The SMILES string of the molecule is CC1SCC(C(=O)c2ccc3c(c2)CCC3)SC1C. The van der Waals surface area contributed by atoms with Crippen LogP contribution in [0.3, 0.4) is 0 Å². The van der Waals surface area contributed by atoms with Crippen molar-refractivity contribution in [3.05, 3.63) is 34.9 Å². The molecule has 3 unspecified atom stereocenters. The average molecular weight is 292 g/mol. The Morgan fingerprint density at radius 1 is 1.16 bits per heavy atom. The number of ketones is 1. The van der Waals surface area contributed by atoms with Crippen molar-refractivity contribution in [2.24, 2.45) is 0 Å². The lowest BCUT2D eigenvalue weighted by atomic mass is 10.0. The summed E-state index contributed by atoms with van der Waals surface area (Å²) in [6.07, 6.45) is 3.58. The molecule has 1 aromatic rings. The Hall–Kier alpha value is -0.410. The van der Waals surface area contributed by atoms with Gasteiger partial charge in [0.1, 0.15) is 0 Å². The third kappa shape index (κ3) is 2.73.